The first kappa shape index (κ1) is 15.6. The quantitative estimate of drug-likeness (QED) is 0.910. The predicted molar refractivity (Wildman–Crippen MR) is 87.1 cm³/mol. The van der Waals surface area contributed by atoms with E-state index in [1.165, 1.54) is 0 Å². The van der Waals surface area contributed by atoms with Crippen molar-refractivity contribution < 1.29 is 14.3 Å². The Bertz CT molecular complexity index is 781. The Morgan fingerprint density at radius 1 is 1.39 bits per heavy atom. The lowest BCUT2D eigenvalue weighted by Crippen LogP contribution is -2.28. The van der Waals surface area contributed by atoms with Crippen LogP contribution in [0.4, 0.5) is 0 Å². The monoisotopic (exact) mass is 334 g/mol. The summed E-state index contributed by atoms with van der Waals surface area (Å²) < 4.78 is 12.2. The molecule has 0 saturated carbocycles. The average molecular weight is 334 g/mol. The summed E-state index contributed by atoms with van der Waals surface area (Å²) in [4.78, 5) is 23.7. The third-order valence-corrected chi connectivity index (χ3v) is 4.69. The standard InChI is InChI=1S/C16H18N2O4S/c1-10-8-23-16(20)18(10)6-5-15(19)17-11(2)12-3-4-13-14(7-12)22-9-21-13/h3-4,7-8,11H,5-6,9H2,1-2H3,(H,17,19)/t11-/m0/s1. The third-order valence-electron chi connectivity index (χ3n) is 3.81. The molecule has 1 atom stereocenters. The third kappa shape index (κ3) is 3.39. The molecule has 23 heavy (non-hydrogen) atoms. The maximum atomic E-state index is 12.1. The summed E-state index contributed by atoms with van der Waals surface area (Å²) in [5.41, 5.74) is 1.84. The Hall–Kier alpha value is -2.28. The Kier molecular flexibility index (Phi) is 4.38. The molecule has 6 nitrogen and oxygen atoms in total. The van der Waals surface area contributed by atoms with Crippen molar-refractivity contribution >= 4 is 17.2 Å². The molecule has 1 aliphatic rings. The van der Waals surface area contributed by atoms with Gasteiger partial charge in [-0.05, 0) is 31.5 Å². The first-order chi connectivity index (χ1) is 11.0. The molecule has 0 spiro atoms. The molecule has 122 valence electrons. The van der Waals surface area contributed by atoms with Gasteiger partial charge in [0.25, 0.3) is 0 Å². The molecule has 0 radical (unpaired) electrons. The molecular formula is C16H18N2O4S. The molecule has 1 amide bonds. The van der Waals surface area contributed by atoms with E-state index in [1.54, 1.807) is 9.95 Å². The number of benzene rings is 1. The van der Waals surface area contributed by atoms with Crippen LogP contribution in [0.15, 0.2) is 28.4 Å². The van der Waals surface area contributed by atoms with Crippen LogP contribution >= 0.6 is 11.3 Å². The van der Waals surface area contributed by atoms with Gasteiger partial charge in [0.05, 0.1) is 6.04 Å². The molecule has 0 saturated heterocycles. The number of aromatic nitrogens is 1. The molecule has 0 aliphatic carbocycles. The first-order valence-corrected chi connectivity index (χ1v) is 8.26. The van der Waals surface area contributed by atoms with Crippen LogP contribution in [-0.4, -0.2) is 17.3 Å². The van der Waals surface area contributed by atoms with Crippen LogP contribution in [0.2, 0.25) is 0 Å². The fraction of sp³-hybridized carbons (Fsp3) is 0.375. The molecule has 7 heteroatoms. The molecule has 0 fully saturated rings. The number of hydrogen-bond acceptors (Lipinski definition) is 5. The number of ether oxygens (including phenoxy) is 2. The maximum Gasteiger partial charge on any atom is 0.307 e. The van der Waals surface area contributed by atoms with E-state index in [4.69, 9.17) is 9.47 Å². The second kappa shape index (κ2) is 6.45. The number of carbonyl (C=O) groups is 1. The average Bonchev–Trinajstić information content (AvgIpc) is 3.11. The Morgan fingerprint density at radius 2 is 2.17 bits per heavy atom. The highest BCUT2D eigenvalue weighted by Gasteiger charge is 2.17. The molecule has 1 N–H and O–H groups in total. The second-order valence-electron chi connectivity index (χ2n) is 5.45. The van der Waals surface area contributed by atoms with Crippen molar-refractivity contribution in [2.24, 2.45) is 0 Å². The normalized spacial score (nSPS) is 13.8. The van der Waals surface area contributed by atoms with Crippen molar-refractivity contribution in [2.45, 2.75) is 32.9 Å². The van der Waals surface area contributed by atoms with Gasteiger partial charge in [0.1, 0.15) is 0 Å². The van der Waals surface area contributed by atoms with Crippen LogP contribution in [0.1, 0.15) is 30.6 Å². The molecule has 0 unspecified atom stereocenters. The summed E-state index contributed by atoms with van der Waals surface area (Å²) in [6.45, 7) is 4.41. The highest BCUT2D eigenvalue weighted by atomic mass is 32.1. The molecular weight excluding hydrogens is 316 g/mol. The van der Waals surface area contributed by atoms with E-state index >= 15 is 0 Å². The van der Waals surface area contributed by atoms with E-state index in [0.29, 0.717) is 12.3 Å². The number of hydrogen-bond donors (Lipinski definition) is 1. The zero-order valence-corrected chi connectivity index (χ0v) is 13.8. The fourth-order valence-corrected chi connectivity index (χ4v) is 3.23. The van der Waals surface area contributed by atoms with E-state index in [0.717, 1.165) is 28.3 Å². The van der Waals surface area contributed by atoms with Gasteiger partial charge >= 0.3 is 4.87 Å². The lowest BCUT2D eigenvalue weighted by Gasteiger charge is -2.15. The van der Waals surface area contributed by atoms with E-state index in [1.807, 2.05) is 32.0 Å². The van der Waals surface area contributed by atoms with Crippen molar-refractivity contribution in [1.82, 2.24) is 9.88 Å². The maximum absolute atomic E-state index is 12.1. The summed E-state index contributed by atoms with van der Waals surface area (Å²) in [7, 11) is 0. The summed E-state index contributed by atoms with van der Waals surface area (Å²) >= 11 is 1.15. The van der Waals surface area contributed by atoms with Crippen LogP contribution in [0.3, 0.4) is 0 Å². The van der Waals surface area contributed by atoms with Crippen LogP contribution in [0, 0.1) is 6.92 Å². The fourth-order valence-electron chi connectivity index (χ4n) is 2.47. The first-order valence-electron chi connectivity index (χ1n) is 7.38. The van der Waals surface area contributed by atoms with E-state index in [-0.39, 0.29) is 30.0 Å². The van der Waals surface area contributed by atoms with Crippen molar-refractivity contribution in [2.75, 3.05) is 6.79 Å². The second-order valence-corrected chi connectivity index (χ2v) is 6.27. The van der Waals surface area contributed by atoms with E-state index in [9.17, 15) is 9.59 Å². The summed E-state index contributed by atoms with van der Waals surface area (Å²) in [6, 6.07) is 5.48. The highest BCUT2D eigenvalue weighted by molar-refractivity contribution is 7.07. The smallest absolute Gasteiger partial charge is 0.307 e. The highest BCUT2D eigenvalue weighted by Crippen LogP contribution is 2.34. The number of rotatable bonds is 5. The van der Waals surface area contributed by atoms with Crippen LogP contribution in [0.25, 0.3) is 0 Å². The summed E-state index contributed by atoms with van der Waals surface area (Å²) in [5.74, 6) is 1.33. The SMILES string of the molecule is Cc1csc(=O)n1CCC(=O)N[C@@H](C)c1ccc2c(c1)OCO2. The van der Waals surface area contributed by atoms with Crippen molar-refractivity contribution in [3.8, 4) is 11.5 Å². The van der Waals surface area contributed by atoms with Gasteiger partial charge in [-0.2, -0.15) is 0 Å². The minimum Gasteiger partial charge on any atom is -0.454 e. The van der Waals surface area contributed by atoms with Gasteiger partial charge < -0.3 is 19.4 Å². The Morgan fingerprint density at radius 3 is 2.91 bits per heavy atom. The Labute approximate surface area is 137 Å². The minimum absolute atomic E-state index is 0.0286. The largest absolute Gasteiger partial charge is 0.454 e. The number of fused-ring (bicyclic) bond motifs is 1. The van der Waals surface area contributed by atoms with Gasteiger partial charge in [0.15, 0.2) is 11.5 Å². The number of carbonyl (C=O) groups excluding carboxylic acids is 1. The zero-order chi connectivity index (χ0) is 16.4. The molecule has 1 aromatic carbocycles. The lowest BCUT2D eigenvalue weighted by molar-refractivity contribution is -0.121. The van der Waals surface area contributed by atoms with Gasteiger partial charge in [-0.1, -0.05) is 17.4 Å². The number of thiazole rings is 1. The molecule has 1 aromatic heterocycles. The van der Waals surface area contributed by atoms with Crippen molar-refractivity contribution in [3.05, 3.63) is 44.5 Å². The van der Waals surface area contributed by atoms with Gasteiger partial charge in [0.2, 0.25) is 12.7 Å². The molecule has 1 aliphatic heterocycles. The number of amides is 1. The molecule has 2 heterocycles. The van der Waals surface area contributed by atoms with E-state index < -0.39 is 0 Å². The van der Waals surface area contributed by atoms with Crippen LogP contribution in [0.5, 0.6) is 11.5 Å². The number of aryl methyl sites for hydroxylation is 1. The molecule has 0 bridgehead atoms. The molecule has 3 rings (SSSR count). The van der Waals surface area contributed by atoms with Crippen molar-refractivity contribution in [3.63, 3.8) is 0 Å². The lowest BCUT2D eigenvalue weighted by atomic mass is 10.1. The van der Waals surface area contributed by atoms with Crippen LogP contribution in [-0.2, 0) is 11.3 Å². The van der Waals surface area contributed by atoms with E-state index in [2.05, 4.69) is 5.32 Å². The molecule has 2 aromatic rings. The van der Waals surface area contributed by atoms with Gasteiger partial charge in [-0.15, -0.1) is 0 Å². The van der Waals surface area contributed by atoms with Gasteiger partial charge in [0, 0.05) is 24.0 Å². The predicted octanol–water partition coefficient (Wildman–Crippen LogP) is 2.21. The van der Waals surface area contributed by atoms with Gasteiger partial charge in [-0.25, -0.2) is 0 Å². The van der Waals surface area contributed by atoms with Crippen LogP contribution < -0.4 is 19.7 Å². The number of nitrogens with one attached hydrogen (secondary N) is 1. The number of nitrogens with zero attached hydrogens (tertiary/aromatic N) is 1. The topological polar surface area (TPSA) is 69.6 Å². The Balaban J connectivity index is 1.58. The van der Waals surface area contributed by atoms with Gasteiger partial charge in [-0.3, -0.25) is 9.59 Å². The van der Waals surface area contributed by atoms with Crippen molar-refractivity contribution in [1.29, 1.82) is 0 Å². The zero-order valence-electron chi connectivity index (χ0n) is 13.0. The minimum atomic E-state index is -0.141. The summed E-state index contributed by atoms with van der Waals surface area (Å²) in [6.07, 6.45) is 0.270. The summed E-state index contributed by atoms with van der Waals surface area (Å²) in [5, 5.41) is 4.74.